The Morgan fingerprint density at radius 1 is 1.19 bits per heavy atom. The van der Waals surface area contributed by atoms with Gasteiger partial charge in [-0.1, -0.05) is 30.3 Å². The third-order valence-corrected chi connectivity index (χ3v) is 5.46. The molecule has 6 nitrogen and oxygen atoms in total. The van der Waals surface area contributed by atoms with E-state index in [1.54, 1.807) is 0 Å². The number of benzene rings is 1. The Hall–Kier alpha value is -2.18. The Bertz CT molecular complexity index is 745. The molecule has 4 rings (SSSR count). The third kappa shape index (κ3) is 3.66. The van der Waals surface area contributed by atoms with E-state index in [0.29, 0.717) is 19.6 Å². The quantitative estimate of drug-likeness (QED) is 0.820. The maximum Gasteiger partial charge on any atom is 0.225 e. The molecule has 138 valence electrons. The molecule has 0 unspecified atom stereocenters. The molecule has 2 atom stereocenters. The average Bonchev–Trinajstić information content (AvgIpc) is 3.21. The van der Waals surface area contributed by atoms with Crippen molar-refractivity contribution in [1.29, 1.82) is 0 Å². The topological polar surface area (TPSA) is 50.6 Å². The summed E-state index contributed by atoms with van der Waals surface area (Å²) in [6, 6.07) is 10.4. The van der Waals surface area contributed by atoms with Crippen LogP contribution in [0.3, 0.4) is 0 Å². The average molecular weight is 354 g/mol. The SMILES string of the molecule is Cc1nccn1CCN1C[C@@H]2OCCC(=O)N(Cc3ccccc3)[C@H]2C1. The van der Waals surface area contributed by atoms with Crippen molar-refractivity contribution in [2.24, 2.45) is 0 Å². The molecule has 0 N–H and O–H groups in total. The summed E-state index contributed by atoms with van der Waals surface area (Å²) < 4.78 is 8.20. The lowest BCUT2D eigenvalue weighted by molar-refractivity contribution is -0.133. The van der Waals surface area contributed by atoms with E-state index >= 15 is 0 Å². The minimum atomic E-state index is 0.106. The smallest absolute Gasteiger partial charge is 0.225 e. The van der Waals surface area contributed by atoms with Crippen LogP contribution in [-0.4, -0.2) is 63.6 Å². The Morgan fingerprint density at radius 2 is 2.04 bits per heavy atom. The highest BCUT2D eigenvalue weighted by molar-refractivity contribution is 5.77. The zero-order chi connectivity index (χ0) is 17.9. The number of nitrogens with zero attached hydrogens (tertiary/aromatic N) is 4. The maximum absolute atomic E-state index is 12.7. The predicted molar refractivity (Wildman–Crippen MR) is 98.5 cm³/mol. The van der Waals surface area contributed by atoms with Crippen molar-refractivity contribution in [3.63, 3.8) is 0 Å². The van der Waals surface area contributed by atoms with E-state index in [9.17, 15) is 4.79 Å². The molecule has 26 heavy (non-hydrogen) atoms. The van der Waals surface area contributed by atoms with Gasteiger partial charge in [-0.05, 0) is 12.5 Å². The molecule has 6 heteroatoms. The van der Waals surface area contributed by atoms with E-state index in [-0.39, 0.29) is 18.1 Å². The van der Waals surface area contributed by atoms with Crippen molar-refractivity contribution in [2.75, 3.05) is 26.2 Å². The number of carbonyl (C=O) groups excluding carboxylic acids is 1. The van der Waals surface area contributed by atoms with Gasteiger partial charge in [-0.2, -0.15) is 0 Å². The van der Waals surface area contributed by atoms with Crippen LogP contribution in [-0.2, 0) is 22.6 Å². The van der Waals surface area contributed by atoms with Gasteiger partial charge in [0.25, 0.3) is 0 Å². The number of aryl methyl sites for hydroxylation is 1. The first-order chi connectivity index (χ1) is 12.7. The number of fused-ring (bicyclic) bond motifs is 1. The molecule has 1 amide bonds. The van der Waals surface area contributed by atoms with Gasteiger partial charge >= 0.3 is 0 Å². The molecule has 0 bridgehead atoms. The van der Waals surface area contributed by atoms with Gasteiger partial charge in [0, 0.05) is 45.1 Å². The summed E-state index contributed by atoms with van der Waals surface area (Å²) in [5.41, 5.74) is 1.17. The summed E-state index contributed by atoms with van der Waals surface area (Å²) in [7, 11) is 0. The minimum Gasteiger partial charge on any atom is -0.374 e. The molecule has 0 saturated carbocycles. The Morgan fingerprint density at radius 3 is 2.81 bits per heavy atom. The number of imidazole rings is 1. The van der Waals surface area contributed by atoms with Crippen LogP contribution in [0.2, 0.25) is 0 Å². The van der Waals surface area contributed by atoms with E-state index in [4.69, 9.17) is 4.74 Å². The van der Waals surface area contributed by atoms with Crippen molar-refractivity contribution < 1.29 is 9.53 Å². The summed E-state index contributed by atoms with van der Waals surface area (Å²) >= 11 is 0. The van der Waals surface area contributed by atoms with E-state index < -0.39 is 0 Å². The molecule has 0 radical (unpaired) electrons. The number of likely N-dealkylation sites (tertiary alicyclic amines) is 1. The molecule has 1 aromatic carbocycles. The number of carbonyl (C=O) groups is 1. The van der Waals surface area contributed by atoms with Gasteiger partial charge in [0.1, 0.15) is 5.82 Å². The van der Waals surface area contributed by atoms with Gasteiger partial charge in [0.2, 0.25) is 5.91 Å². The van der Waals surface area contributed by atoms with Gasteiger partial charge in [-0.3, -0.25) is 9.69 Å². The number of rotatable bonds is 5. The second kappa shape index (κ2) is 7.60. The van der Waals surface area contributed by atoms with Crippen LogP contribution in [0, 0.1) is 6.92 Å². The molecule has 2 fully saturated rings. The first-order valence-corrected chi connectivity index (χ1v) is 9.36. The number of hydrogen-bond acceptors (Lipinski definition) is 4. The molecule has 3 heterocycles. The molecule has 2 aliphatic rings. The predicted octanol–water partition coefficient (Wildman–Crippen LogP) is 1.69. The van der Waals surface area contributed by atoms with Gasteiger partial charge in [-0.25, -0.2) is 4.98 Å². The second-order valence-electron chi connectivity index (χ2n) is 7.16. The standard InChI is InChI=1S/C20H26N4O2/c1-16-21-8-9-23(16)11-10-22-14-18-19(15-22)26-12-7-20(25)24(18)13-17-5-3-2-4-6-17/h2-6,8-9,18-19H,7,10-15H2,1H3/t18-,19-/m0/s1. The van der Waals surface area contributed by atoms with Crippen LogP contribution in [0.4, 0.5) is 0 Å². The molecule has 2 aliphatic heterocycles. The molecular formula is C20H26N4O2. The van der Waals surface area contributed by atoms with Crippen LogP contribution in [0.15, 0.2) is 42.7 Å². The Labute approximate surface area is 154 Å². The van der Waals surface area contributed by atoms with Gasteiger partial charge < -0.3 is 14.2 Å². The molecule has 0 spiro atoms. The highest BCUT2D eigenvalue weighted by Gasteiger charge is 2.41. The number of amides is 1. The lowest BCUT2D eigenvalue weighted by atomic mass is 10.1. The Kier molecular flexibility index (Phi) is 5.04. The highest BCUT2D eigenvalue weighted by Crippen LogP contribution is 2.25. The fourth-order valence-corrected chi connectivity index (χ4v) is 3.98. The van der Waals surface area contributed by atoms with Gasteiger partial charge in [-0.15, -0.1) is 0 Å². The summed E-state index contributed by atoms with van der Waals surface area (Å²) in [5.74, 6) is 1.24. The highest BCUT2D eigenvalue weighted by atomic mass is 16.5. The zero-order valence-electron chi connectivity index (χ0n) is 15.3. The first-order valence-electron chi connectivity index (χ1n) is 9.36. The van der Waals surface area contributed by atoms with Crippen LogP contribution < -0.4 is 0 Å². The van der Waals surface area contributed by atoms with Crippen molar-refractivity contribution in [3.8, 4) is 0 Å². The normalized spacial score (nSPS) is 23.9. The van der Waals surface area contributed by atoms with Crippen molar-refractivity contribution in [2.45, 2.75) is 38.6 Å². The molecular weight excluding hydrogens is 328 g/mol. The fourth-order valence-electron chi connectivity index (χ4n) is 3.98. The van der Waals surface area contributed by atoms with E-state index in [1.165, 1.54) is 5.56 Å². The van der Waals surface area contributed by atoms with E-state index in [0.717, 1.165) is 32.0 Å². The number of ether oxygens (including phenoxy) is 1. The summed E-state index contributed by atoms with van der Waals surface area (Å²) in [6.07, 6.45) is 4.44. The van der Waals surface area contributed by atoms with Crippen LogP contribution in [0.1, 0.15) is 17.8 Å². The lowest BCUT2D eigenvalue weighted by Gasteiger charge is -2.30. The number of aromatic nitrogens is 2. The molecule has 2 aromatic rings. The zero-order valence-corrected chi connectivity index (χ0v) is 15.3. The monoisotopic (exact) mass is 354 g/mol. The minimum absolute atomic E-state index is 0.106. The van der Waals surface area contributed by atoms with Crippen molar-refractivity contribution >= 4 is 5.91 Å². The van der Waals surface area contributed by atoms with Crippen LogP contribution in [0.25, 0.3) is 0 Å². The lowest BCUT2D eigenvalue weighted by Crippen LogP contribution is -2.45. The van der Waals surface area contributed by atoms with E-state index in [1.807, 2.05) is 42.4 Å². The van der Waals surface area contributed by atoms with Crippen molar-refractivity contribution in [1.82, 2.24) is 19.4 Å². The van der Waals surface area contributed by atoms with E-state index in [2.05, 4.69) is 26.6 Å². The Balaban J connectivity index is 1.44. The summed E-state index contributed by atoms with van der Waals surface area (Å²) in [5, 5.41) is 0. The first kappa shape index (κ1) is 17.2. The molecule has 0 aliphatic carbocycles. The van der Waals surface area contributed by atoms with Crippen LogP contribution >= 0.6 is 0 Å². The number of hydrogen-bond donors (Lipinski definition) is 0. The van der Waals surface area contributed by atoms with Gasteiger partial charge in [0.05, 0.1) is 25.2 Å². The third-order valence-electron chi connectivity index (χ3n) is 5.46. The maximum atomic E-state index is 12.7. The molecule has 2 saturated heterocycles. The summed E-state index contributed by atoms with van der Waals surface area (Å²) in [4.78, 5) is 21.4. The largest absolute Gasteiger partial charge is 0.374 e. The fraction of sp³-hybridized carbons (Fsp3) is 0.500. The second-order valence-corrected chi connectivity index (χ2v) is 7.16. The molecule has 1 aromatic heterocycles. The summed E-state index contributed by atoms with van der Waals surface area (Å²) in [6.45, 7) is 6.84. The van der Waals surface area contributed by atoms with Gasteiger partial charge in [0.15, 0.2) is 0 Å². The van der Waals surface area contributed by atoms with Crippen LogP contribution in [0.5, 0.6) is 0 Å². The van der Waals surface area contributed by atoms with Crippen molar-refractivity contribution in [3.05, 3.63) is 54.1 Å².